The van der Waals surface area contributed by atoms with Gasteiger partial charge in [-0.15, -0.1) is 11.3 Å². The quantitative estimate of drug-likeness (QED) is 0.394. The lowest BCUT2D eigenvalue weighted by molar-refractivity contribution is -0.0320. The summed E-state index contributed by atoms with van der Waals surface area (Å²) in [5.41, 5.74) is 0. The molecule has 2 N–H and O–H groups in total. The molecule has 7 heteroatoms. The molecular weight excluding hydrogens is 372 g/mol. The fourth-order valence-electron chi connectivity index (χ4n) is 4.20. The second-order valence-electron chi connectivity index (χ2n) is 7.76. The van der Waals surface area contributed by atoms with E-state index in [0.29, 0.717) is 18.1 Å². The number of guanidine groups is 1. The Kier molecular flexibility index (Phi) is 9.05. The Balaban J connectivity index is 1.37. The average Bonchev–Trinajstić information content (AvgIpc) is 3.25. The molecule has 1 aromatic heterocycles. The van der Waals surface area contributed by atoms with Crippen LogP contribution in [0.5, 0.6) is 0 Å². The summed E-state index contributed by atoms with van der Waals surface area (Å²) in [7, 11) is 4.10. The number of hydrogen-bond donors (Lipinski definition) is 2. The van der Waals surface area contributed by atoms with Gasteiger partial charge < -0.3 is 20.1 Å². The predicted molar refractivity (Wildman–Crippen MR) is 116 cm³/mol. The van der Waals surface area contributed by atoms with Crippen molar-refractivity contribution in [1.82, 2.24) is 15.5 Å². The average molecular weight is 409 g/mol. The van der Waals surface area contributed by atoms with Crippen molar-refractivity contribution < 1.29 is 9.47 Å². The van der Waals surface area contributed by atoms with Crippen molar-refractivity contribution >= 4 is 17.3 Å². The fourth-order valence-corrected chi connectivity index (χ4v) is 5.19. The molecule has 2 aliphatic heterocycles. The minimum Gasteiger partial charge on any atom is -0.381 e. The molecule has 2 fully saturated rings. The first kappa shape index (κ1) is 21.6. The molecule has 2 saturated heterocycles. The van der Waals surface area contributed by atoms with E-state index in [1.807, 2.05) is 18.4 Å². The predicted octanol–water partition coefficient (Wildman–Crippen LogP) is 2.88. The molecule has 2 unspecified atom stereocenters. The van der Waals surface area contributed by atoms with Gasteiger partial charge in [-0.1, -0.05) is 6.07 Å². The SMILES string of the molecule is CN=C(NCCCOC1CCOCC1)NCC1CCCN(C)C1c1cccs1. The van der Waals surface area contributed by atoms with E-state index >= 15 is 0 Å². The second-order valence-corrected chi connectivity index (χ2v) is 8.74. The molecule has 0 spiro atoms. The Bertz CT molecular complexity index is 575. The monoisotopic (exact) mass is 408 g/mol. The first-order chi connectivity index (χ1) is 13.8. The van der Waals surface area contributed by atoms with Crippen LogP contribution in [-0.4, -0.2) is 70.5 Å². The van der Waals surface area contributed by atoms with Crippen molar-refractivity contribution in [3.05, 3.63) is 22.4 Å². The van der Waals surface area contributed by atoms with Crippen LogP contribution >= 0.6 is 11.3 Å². The third-order valence-electron chi connectivity index (χ3n) is 5.73. The molecule has 6 nitrogen and oxygen atoms in total. The molecule has 0 aliphatic carbocycles. The molecule has 0 amide bonds. The highest BCUT2D eigenvalue weighted by molar-refractivity contribution is 7.10. The van der Waals surface area contributed by atoms with Crippen LogP contribution in [0, 0.1) is 5.92 Å². The number of ether oxygens (including phenoxy) is 2. The molecule has 0 saturated carbocycles. The zero-order valence-electron chi connectivity index (χ0n) is 17.4. The number of likely N-dealkylation sites (tertiary alicyclic amines) is 1. The first-order valence-corrected chi connectivity index (χ1v) is 11.5. The summed E-state index contributed by atoms with van der Waals surface area (Å²) in [6, 6.07) is 4.94. The van der Waals surface area contributed by atoms with E-state index in [4.69, 9.17) is 9.47 Å². The zero-order valence-corrected chi connectivity index (χ0v) is 18.2. The Labute approximate surface area is 173 Å². The molecule has 158 valence electrons. The maximum Gasteiger partial charge on any atom is 0.190 e. The van der Waals surface area contributed by atoms with Gasteiger partial charge in [0.2, 0.25) is 0 Å². The van der Waals surface area contributed by atoms with E-state index in [-0.39, 0.29) is 0 Å². The standard InChI is InChI=1S/C21H36N4O2S/c1-22-21(23-10-5-12-27-18-8-13-26-14-9-18)24-16-17-6-3-11-25(2)20(17)19-7-4-15-28-19/h4,7,15,17-18,20H,3,5-6,8-14,16H2,1-2H3,(H2,22,23,24). The van der Waals surface area contributed by atoms with Crippen LogP contribution in [0.1, 0.15) is 43.0 Å². The van der Waals surface area contributed by atoms with Gasteiger partial charge in [-0.2, -0.15) is 0 Å². The maximum absolute atomic E-state index is 5.94. The number of piperidine rings is 1. The zero-order chi connectivity index (χ0) is 19.6. The summed E-state index contributed by atoms with van der Waals surface area (Å²) in [5.74, 6) is 1.50. The van der Waals surface area contributed by atoms with Crippen molar-refractivity contribution in [1.29, 1.82) is 0 Å². The van der Waals surface area contributed by atoms with E-state index < -0.39 is 0 Å². The lowest BCUT2D eigenvalue weighted by Gasteiger charge is -2.39. The molecule has 0 radical (unpaired) electrons. The van der Waals surface area contributed by atoms with Gasteiger partial charge in [0, 0.05) is 50.9 Å². The van der Waals surface area contributed by atoms with E-state index in [1.54, 1.807) is 0 Å². The Morgan fingerprint density at radius 2 is 2.18 bits per heavy atom. The maximum atomic E-state index is 5.94. The minimum absolute atomic E-state index is 0.378. The summed E-state index contributed by atoms with van der Waals surface area (Å²) in [4.78, 5) is 8.37. The van der Waals surface area contributed by atoms with Crippen LogP contribution in [0.2, 0.25) is 0 Å². The van der Waals surface area contributed by atoms with Gasteiger partial charge in [-0.25, -0.2) is 0 Å². The van der Waals surface area contributed by atoms with Gasteiger partial charge in [0.05, 0.1) is 6.10 Å². The lowest BCUT2D eigenvalue weighted by Crippen LogP contribution is -2.45. The van der Waals surface area contributed by atoms with Gasteiger partial charge in [0.1, 0.15) is 0 Å². The Hall–Kier alpha value is -1.15. The molecule has 2 aliphatic rings. The van der Waals surface area contributed by atoms with Crippen LogP contribution in [0.3, 0.4) is 0 Å². The van der Waals surface area contributed by atoms with Gasteiger partial charge in [-0.3, -0.25) is 9.89 Å². The molecule has 0 aromatic carbocycles. The van der Waals surface area contributed by atoms with E-state index in [0.717, 1.165) is 58.1 Å². The van der Waals surface area contributed by atoms with Crippen molar-refractivity contribution in [2.24, 2.45) is 10.9 Å². The summed E-state index contributed by atoms with van der Waals surface area (Å²) >= 11 is 1.87. The molecule has 1 aromatic rings. The highest BCUT2D eigenvalue weighted by atomic mass is 32.1. The largest absolute Gasteiger partial charge is 0.381 e. The Morgan fingerprint density at radius 1 is 1.32 bits per heavy atom. The van der Waals surface area contributed by atoms with Gasteiger partial charge in [-0.05, 0) is 63.1 Å². The van der Waals surface area contributed by atoms with Gasteiger partial charge in [0.15, 0.2) is 5.96 Å². The van der Waals surface area contributed by atoms with Gasteiger partial charge >= 0.3 is 0 Å². The third-order valence-corrected chi connectivity index (χ3v) is 6.68. The van der Waals surface area contributed by atoms with E-state index in [1.165, 1.54) is 24.3 Å². The topological polar surface area (TPSA) is 58.1 Å². The van der Waals surface area contributed by atoms with Gasteiger partial charge in [0.25, 0.3) is 0 Å². The van der Waals surface area contributed by atoms with Crippen molar-refractivity contribution in [2.75, 3.05) is 53.6 Å². The molecule has 28 heavy (non-hydrogen) atoms. The third kappa shape index (κ3) is 6.44. The number of rotatable bonds is 8. The summed E-state index contributed by atoms with van der Waals surface area (Å²) in [6.45, 7) is 5.47. The van der Waals surface area contributed by atoms with Crippen molar-refractivity contribution in [3.63, 3.8) is 0 Å². The smallest absolute Gasteiger partial charge is 0.190 e. The highest BCUT2D eigenvalue weighted by Crippen LogP contribution is 2.36. The van der Waals surface area contributed by atoms with E-state index in [2.05, 4.69) is 45.1 Å². The van der Waals surface area contributed by atoms with Crippen LogP contribution in [0.25, 0.3) is 0 Å². The first-order valence-electron chi connectivity index (χ1n) is 10.7. The lowest BCUT2D eigenvalue weighted by atomic mass is 9.88. The number of aliphatic imine (C=N–C) groups is 1. The fraction of sp³-hybridized carbons (Fsp3) is 0.762. The van der Waals surface area contributed by atoms with Crippen LogP contribution in [0.4, 0.5) is 0 Å². The van der Waals surface area contributed by atoms with E-state index in [9.17, 15) is 0 Å². The normalized spacial score (nSPS) is 25.0. The highest BCUT2D eigenvalue weighted by Gasteiger charge is 2.31. The molecule has 3 heterocycles. The second kappa shape index (κ2) is 11.8. The molecule has 3 rings (SSSR count). The van der Waals surface area contributed by atoms with Crippen molar-refractivity contribution in [3.8, 4) is 0 Å². The number of thiophene rings is 1. The summed E-state index contributed by atoms with van der Waals surface area (Å²) < 4.78 is 11.3. The summed E-state index contributed by atoms with van der Waals surface area (Å²) in [6.07, 6.45) is 5.94. The Morgan fingerprint density at radius 3 is 2.93 bits per heavy atom. The van der Waals surface area contributed by atoms with Crippen LogP contribution < -0.4 is 10.6 Å². The minimum atomic E-state index is 0.378. The number of nitrogens with zero attached hydrogens (tertiary/aromatic N) is 2. The number of nitrogens with one attached hydrogen (secondary N) is 2. The summed E-state index contributed by atoms with van der Waals surface area (Å²) in [5, 5.41) is 9.17. The van der Waals surface area contributed by atoms with Crippen molar-refractivity contribution in [2.45, 2.75) is 44.2 Å². The molecular formula is C21H36N4O2S. The van der Waals surface area contributed by atoms with Crippen LogP contribution in [-0.2, 0) is 9.47 Å². The van der Waals surface area contributed by atoms with Crippen LogP contribution in [0.15, 0.2) is 22.5 Å². The molecule has 2 atom stereocenters. The number of hydrogen-bond acceptors (Lipinski definition) is 5. The molecule has 0 bridgehead atoms.